The Balaban J connectivity index is 2.66. The molecule has 16 heavy (non-hydrogen) atoms. The third-order valence-corrected chi connectivity index (χ3v) is 2.76. The minimum absolute atomic E-state index is 0.0607. The first-order valence-corrected chi connectivity index (χ1v) is 5.66. The number of alkyl halides is 1. The Hall–Kier alpha value is -1.09. The number of rotatable bonds is 4. The first-order chi connectivity index (χ1) is 7.54. The maximum absolute atomic E-state index is 13.4. The number of halogens is 2. The Bertz CT molecular complexity index is 381. The molecule has 0 aliphatic rings. The number of amides is 1. The number of carbonyl (C=O) groups excluding carboxylic acids is 1. The zero-order chi connectivity index (χ0) is 12.1. The lowest BCUT2D eigenvalue weighted by Gasteiger charge is -2.09. The van der Waals surface area contributed by atoms with Crippen LogP contribution < -0.4 is 5.32 Å². The number of aryl methyl sites for hydroxylation is 1. The largest absolute Gasteiger partial charge is 0.350 e. The zero-order valence-electron chi connectivity index (χ0n) is 9.39. The number of carbonyl (C=O) groups is 1. The zero-order valence-corrected chi connectivity index (χ0v) is 10.1. The maximum atomic E-state index is 13.4. The molecule has 0 bridgehead atoms. The summed E-state index contributed by atoms with van der Waals surface area (Å²) in [7, 11) is 0. The number of hydrogen-bond donors (Lipinski definition) is 1. The fourth-order valence-corrected chi connectivity index (χ4v) is 1.32. The van der Waals surface area contributed by atoms with E-state index in [0.29, 0.717) is 6.54 Å². The van der Waals surface area contributed by atoms with Gasteiger partial charge in [-0.1, -0.05) is 13.0 Å². The van der Waals surface area contributed by atoms with E-state index in [4.69, 9.17) is 11.6 Å². The highest BCUT2D eigenvalue weighted by Crippen LogP contribution is 2.10. The Labute approximate surface area is 99.8 Å². The molecule has 1 amide bonds. The van der Waals surface area contributed by atoms with Crippen molar-refractivity contribution in [2.45, 2.75) is 25.6 Å². The summed E-state index contributed by atoms with van der Waals surface area (Å²) in [6.07, 6.45) is 0.762. The highest BCUT2D eigenvalue weighted by Gasteiger charge is 2.12. The molecule has 0 aliphatic heterocycles. The van der Waals surface area contributed by atoms with E-state index in [-0.39, 0.29) is 10.9 Å². The van der Waals surface area contributed by atoms with Crippen LogP contribution in [0.4, 0.5) is 4.39 Å². The van der Waals surface area contributed by atoms with Crippen LogP contribution in [0.3, 0.4) is 0 Å². The molecule has 2 nitrogen and oxygen atoms in total. The van der Waals surface area contributed by atoms with Crippen LogP contribution in [0.15, 0.2) is 18.2 Å². The van der Waals surface area contributed by atoms with Gasteiger partial charge in [-0.25, -0.2) is 4.39 Å². The van der Waals surface area contributed by atoms with Crippen LogP contribution in [-0.2, 0) is 0 Å². The lowest BCUT2D eigenvalue weighted by atomic mass is 10.1. The predicted octanol–water partition coefficient (Wildman–Crippen LogP) is 2.88. The van der Waals surface area contributed by atoms with E-state index in [1.807, 2.05) is 6.92 Å². The summed E-state index contributed by atoms with van der Waals surface area (Å²) >= 11 is 5.85. The number of nitrogens with one attached hydrogen (secondary N) is 1. The fourth-order valence-electron chi connectivity index (χ4n) is 1.25. The predicted molar refractivity (Wildman–Crippen MR) is 63.4 cm³/mol. The SMILES string of the molecule is CCC(Cl)CNC(=O)c1ccc(C)cc1F. The molecule has 0 saturated carbocycles. The Morgan fingerprint density at radius 2 is 2.25 bits per heavy atom. The van der Waals surface area contributed by atoms with E-state index in [0.717, 1.165) is 12.0 Å². The summed E-state index contributed by atoms with van der Waals surface area (Å²) in [6.45, 7) is 4.05. The maximum Gasteiger partial charge on any atom is 0.254 e. The normalized spacial score (nSPS) is 12.2. The molecule has 0 radical (unpaired) electrons. The molecular formula is C12H15ClFNO. The second kappa shape index (κ2) is 5.85. The number of benzene rings is 1. The van der Waals surface area contributed by atoms with E-state index in [1.54, 1.807) is 13.0 Å². The highest BCUT2D eigenvalue weighted by atomic mass is 35.5. The summed E-state index contributed by atoms with van der Waals surface area (Å²) in [4.78, 5) is 11.6. The van der Waals surface area contributed by atoms with Crippen molar-refractivity contribution in [3.05, 3.63) is 35.1 Å². The molecule has 1 N–H and O–H groups in total. The molecule has 0 aromatic heterocycles. The molecule has 1 aromatic carbocycles. The molecule has 0 heterocycles. The van der Waals surface area contributed by atoms with E-state index >= 15 is 0 Å². The Kier molecular flexibility index (Phi) is 4.74. The molecule has 88 valence electrons. The van der Waals surface area contributed by atoms with E-state index in [1.165, 1.54) is 12.1 Å². The number of hydrogen-bond acceptors (Lipinski definition) is 1. The van der Waals surface area contributed by atoms with Crippen LogP contribution >= 0.6 is 11.6 Å². The van der Waals surface area contributed by atoms with Crippen molar-refractivity contribution in [3.63, 3.8) is 0 Å². The summed E-state index contributed by atoms with van der Waals surface area (Å²) in [5, 5.41) is 2.49. The molecule has 1 rings (SSSR count). The summed E-state index contributed by atoms with van der Waals surface area (Å²) in [5.41, 5.74) is 0.850. The monoisotopic (exact) mass is 243 g/mol. The molecule has 0 aliphatic carbocycles. The summed E-state index contributed by atoms with van der Waals surface area (Å²) < 4.78 is 13.4. The average Bonchev–Trinajstić information content (AvgIpc) is 2.25. The van der Waals surface area contributed by atoms with Crippen LogP contribution in [0.5, 0.6) is 0 Å². The van der Waals surface area contributed by atoms with Gasteiger partial charge in [-0.05, 0) is 31.0 Å². The lowest BCUT2D eigenvalue weighted by Crippen LogP contribution is -2.30. The van der Waals surface area contributed by atoms with Crippen LogP contribution in [-0.4, -0.2) is 17.8 Å². The second-order valence-electron chi connectivity index (χ2n) is 3.70. The van der Waals surface area contributed by atoms with Gasteiger partial charge in [0.2, 0.25) is 0 Å². The van der Waals surface area contributed by atoms with Crippen molar-refractivity contribution < 1.29 is 9.18 Å². The van der Waals surface area contributed by atoms with Gasteiger partial charge >= 0.3 is 0 Å². The van der Waals surface area contributed by atoms with Crippen molar-refractivity contribution in [1.29, 1.82) is 0 Å². The van der Waals surface area contributed by atoms with Gasteiger partial charge in [0.15, 0.2) is 0 Å². The van der Waals surface area contributed by atoms with E-state index < -0.39 is 11.7 Å². The third kappa shape index (κ3) is 3.49. The molecule has 1 atom stereocenters. The lowest BCUT2D eigenvalue weighted by molar-refractivity contribution is 0.0949. The molecule has 1 aromatic rings. The van der Waals surface area contributed by atoms with Crippen molar-refractivity contribution in [1.82, 2.24) is 5.32 Å². The fraction of sp³-hybridized carbons (Fsp3) is 0.417. The Morgan fingerprint density at radius 3 is 2.81 bits per heavy atom. The minimum Gasteiger partial charge on any atom is -0.350 e. The van der Waals surface area contributed by atoms with Gasteiger partial charge in [0.1, 0.15) is 5.82 Å². The smallest absolute Gasteiger partial charge is 0.254 e. The van der Waals surface area contributed by atoms with Gasteiger partial charge in [-0.2, -0.15) is 0 Å². The molecule has 0 saturated heterocycles. The second-order valence-corrected chi connectivity index (χ2v) is 4.32. The van der Waals surface area contributed by atoms with Crippen molar-refractivity contribution >= 4 is 17.5 Å². The standard InChI is InChI=1S/C12H15ClFNO/c1-3-9(13)7-15-12(16)10-5-4-8(2)6-11(10)14/h4-6,9H,3,7H2,1-2H3,(H,15,16). The molecule has 0 fully saturated rings. The quantitative estimate of drug-likeness (QED) is 0.810. The van der Waals surface area contributed by atoms with Gasteiger partial charge < -0.3 is 5.32 Å². The van der Waals surface area contributed by atoms with Crippen LogP contribution in [0, 0.1) is 12.7 Å². The Morgan fingerprint density at radius 1 is 1.56 bits per heavy atom. The molecular weight excluding hydrogens is 229 g/mol. The van der Waals surface area contributed by atoms with Gasteiger partial charge in [0.25, 0.3) is 5.91 Å². The van der Waals surface area contributed by atoms with Gasteiger partial charge in [-0.15, -0.1) is 11.6 Å². The first-order valence-electron chi connectivity index (χ1n) is 5.23. The van der Waals surface area contributed by atoms with Crippen LogP contribution in [0.2, 0.25) is 0 Å². The molecule has 4 heteroatoms. The highest BCUT2D eigenvalue weighted by molar-refractivity contribution is 6.20. The van der Waals surface area contributed by atoms with Crippen LogP contribution in [0.1, 0.15) is 29.3 Å². The summed E-state index contributed by atoms with van der Waals surface area (Å²) in [5.74, 6) is -0.920. The van der Waals surface area contributed by atoms with Gasteiger partial charge in [0.05, 0.1) is 10.9 Å². The topological polar surface area (TPSA) is 29.1 Å². The van der Waals surface area contributed by atoms with E-state index in [9.17, 15) is 9.18 Å². The summed E-state index contributed by atoms with van der Waals surface area (Å²) in [6, 6.07) is 4.53. The van der Waals surface area contributed by atoms with Gasteiger partial charge in [0, 0.05) is 6.54 Å². The van der Waals surface area contributed by atoms with E-state index in [2.05, 4.69) is 5.32 Å². The molecule has 0 spiro atoms. The van der Waals surface area contributed by atoms with Crippen molar-refractivity contribution in [2.75, 3.05) is 6.54 Å². The first kappa shape index (κ1) is 13.0. The average molecular weight is 244 g/mol. The minimum atomic E-state index is -0.500. The van der Waals surface area contributed by atoms with Crippen molar-refractivity contribution in [2.24, 2.45) is 0 Å². The van der Waals surface area contributed by atoms with Gasteiger partial charge in [-0.3, -0.25) is 4.79 Å². The third-order valence-electron chi connectivity index (χ3n) is 2.30. The van der Waals surface area contributed by atoms with Crippen LogP contribution in [0.25, 0.3) is 0 Å². The molecule has 1 unspecified atom stereocenters. The van der Waals surface area contributed by atoms with Crippen molar-refractivity contribution in [3.8, 4) is 0 Å².